The monoisotopic (exact) mass is 610 g/mol. The number of hydrogen-bond acceptors (Lipinski definition) is 3. The number of allylic oxidation sites excluding steroid dienone is 9. The van der Waals surface area contributed by atoms with Crippen molar-refractivity contribution < 1.29 is 0 Å². The van der Waals surface area contributed by atoms with Crippen molar-refractivity contribution >= 4 is 50.1 Å². The zero-order chi connectivity index (χ0) is 32.8. The Hall–Kier alpha value is -6.13. The third-order valence-corrected chi connectivity index (χ3v) is 8.50. The lowest BCUT2D eigenvalue weighted by atomic mass is 9.98. The Morgan fingerprint density at radius 1 is 0.787 bits per heavy atom. The van der Waals surface area contributed by atoms with Crippen LogP contribution in [-0.2, 0) is 0 Å². The first-order chi connectivity index (χ1) is 23.0. The van der Waals surface area contributed by atoms with E-state index in [1.807, 2.05) is 31.2 Å². The molecule has 0 fully saturated rings. The molecule has 5 N–H and O–H groups in total. The highest BCUT2D eigenvalue weighted by molar-refractivity contribution is 6.19. The summed E-state index contributed by atoms with van der Waals surface area (Å²) in [5, 5.41) is 12.0. The van der Waals surface area contributed by atoms with Gasteiger partial charge in [0.2, 0.25) is 0 Å². The summed E-state index contributed by atoms with van der Waals surface area (Å²) in [5.41, 5.74) is 22.5. The van der Waals surface area contributed by atoms with Gasteiger partial charge in [-0.15, -0.1) is 0 Å². The average Bonchev–Trinajstić information content (AvgIpc) is 3.46. The number of para-hydroxylation sites is 1. The molecule has 0 atom stereocenters. The topological polar surface area (TPSA) is 80.8 Å². The second-order valence-electron chi connectivity index (χ2n) is 11.4. The van der Waals surface area contributed by atoms with Crippen LogP contribution in [-0.4, -0.2) is 10.8 Å². The minimum Gasteiger partial charge on any atom is -0.405 e. The van der Waals surface area contributed by atoms with Crippen LogP contribution in [0.25, 0.3) is 60.7 Å². The summed E-state index contributed by atoms with van der Waals surface area (Å²) in [7, 11) is 0. The predicted molar refractivity (Wildman–Crippen MR) is 204 cm³/mol. The third-order valence-electron chi connectivity index (χ3n) is 8.50. The van der Waals surface area contributed by atoms with Crippen LogP contribution >= 0.6 is 0 Å². The fourth-order valence-corrected chi connectivity index (χ4v) is 6.08. The summed E-state index contributed by atoms with van der Waals surface area (Å²) in [4.78, 5) is 0. The predicted octanol–water partition coefficient (Wildman–Crippen LogP) is 10.5. The van der Waals surface area contributed by atoms with Crippen molar-refractivity contribution in [2.45, 2.75) is 13.3 Å². The van der Waals surface area contributed by atoms with Crippen molar-refractivity contribution in [2.75, 3.05) is 0 Å². The summed E-state index contributed by atoms with van der Waals surface area (Å²) in [6.45, 7) is 6.20. The van der Waals surface area contributed by atoms with Crippen LogP contribution < -0.4 is 11.5 Å². The molecule has 1 heterocycles. The lowest BCUT2D eigenvalue weighted by molar-refractivity contribution is 1.19. The normalized spacial score (nSPS) is 12.8. The molecule has 0 spiro atoms. The first-order valence-electron chi connectivity index (χ1n) is 15.7. The smallest absolute Gasteiger partial charge is 0.0619 e. The van der Waals surface area contributed by atoms with E-state index in [-0.39, 0.29) is 0 Å². The van der Waals surface area contributed by atoms with Gasteiger partial charge in [0.1, 0.15) is 0 Å². The lowest BCUT2D eigenvalue weighted by Crippen LogP contribution is -1.97. The quantitative estimate of drug-likeness (QED) is 0.107. The van der Waals surface area contributed by atoms with Crippen molar-refractivity contribution in [3.8, 4) is 16.8 Å². The van der Waals surface area contributed by atoms with E-state index in [2.05, 4.69) is 126 Å². The van der Waals surface area contributed by atoms with Gasteiger partial charge in [-0.2, -0.15) is 0 Å². The zero-order valence-electron chi connectivity index (χ0n) is 26.5. The molecular formula is C43H38N4. The molecule has 6 rings (SSSR count). The molecule has 47 heavy (non-hydrogen) atoms. The maximum Gasteiger partial charge on any atom is 0.0619 e. The highest BCUT2D eigenvalue weighted by atomic mass is 15.0. The van der Waals surface area contributed by atoms with E-state index >= 15 is 0 Å². The van der Waals surface area contributed by atoms with Gasteiger partial charge in [0.05, 0.1) is 11.0 Å². The van der Waals surface area contributed by atoms with Gasteiger partial charge in [0.25, 0.3) is 0 Å². The van der Waals surface area contributed by atoms with Gasteiger partial charge in [-0.05, 0) is 107 Å². The Balaban J connectivity index is 1.47. The minimum atomic E-state index is 0.714. The number of nitrogens with zero attached hydrogens (tertiary/aromatic N) is 1. The van der Waals surface area contributed by atoms with E-state index in [0.29, 0.717) is 5.70 Å². The van der Waals surface area contributed by atoms with E-state index in [9.17, 15) is 0 Å². The molecule has 0 saturated heterocycles. The first-order valence-corrected chi connectivity index (χ1v) is 15.7. The Morgan fingerprint density at radius 3 is 2.36 bits per heavy atom. The molecule has 0 bridgehead atoms. The standard InChI is InChI=1S/C43H38N4/c1-3-31(24-26-45)12-7-8-17-41(46)36-20-21-38-35(28-36)19-23-40-39-22-18-34(33-14-9-13-32(27-33)30(2)11-10-25-44)29-42(39)47(43(38)40)37-15-5-4-6-16-37/h3-11,13-29,44H,2,12,45-46H2,1H3/b8-7-,11-10-,26-24-,31-3-,41-17-,44-25?. The molecule has 0 saturated carbocycles. The Kier molecular flexibility index (Phi) is 9.12. The summed E-state index contributed by atoms with van der Waals surface area (Å²) in [5.74, 6) is 0. The first kappa shape index (κ1) is 30.9. The van der Waals surface area contributed by atoms with Gasteiger partial charge in [0, 0.05) is 33.8 Å². The SMILES string of the molecule is C=C(/C=C\C=N)c1cccc(-c2ccc3c4ccc5cc(/C(N)=C/C=C\CC(/C=C\N)=C/C)ccc5c4n(-c4ccccc4)c3c2)c1. The molecule has 0 amide bonds. The average molecular weight is 611 g/mol. The second kappa shape index (κ2) is 13.9. The number of hydrogen-bond donors (Lipinski definition) is 3. The van der Waals surface area contributed by atoms with Gasteiger partial charge in [-0.3, -0.25) is 0 Å². The summed E-state index contributed by atoms with van der Waals surface area (Å²) in [6, 6.07) is 36.6. The molecule has 0 aliphatic rings. The van der Waals surface area contributed by atoms with Crippen LogP contribution in [0.15, 0.2) is 164 Å². The molecule has 6 aromatic rings. The van der Waals surface area contributed by atoms with Crippen molar-refractivity contribution in [2.24, 2.45) is 11.5 Å². The van der Waals surface area contributed by atoms with Crippen molar-refractivity contribution in [3.63, 3.8) is 0 Å². The molecule has 1 aromatic heterocycles. The number of aromatic nitrogens is 1. The highest BCUT2D eigenvalue weighted by Crippen LogP contribution is 2.39. The Bertz CT molecular complexity index is 2270. The van der Waals surface area contributed by atoms with Gasteiger partial charge >= 0.3 is 0 Å². The van der Waals surface area contributed by atoms with E-state index in [1.165, 1.54) is 27.9 Å². The molecule has 0 aliphatic heterocycles. The highest BCUT2D eigenvalue weighted by Gasteiger charge is 2.16. The fourth-order valence-electron chi connectivity index (χ4n) is 6.08. The molecule has 4 heteroatoms. The zero-order valence-corrected chi connectivity index (χ0v) is 26.5. The largest absolute Gasteiger partial charge is 0.405 e. The Morgan fingerprint density at radius 2 is 1.57 bits per heavy atom. The third kappa shape index (κ3) is 6.35. The minimum absolute atomic E-state index is 0.714. The molecule has 0 unspecified atom stereocenters. The van der Waals surface area contributed by atoms with E-state index in [0.717, 1.165) is 56.4 Å². The number of nitrogens with one attached hydrogen (secondary N) is 1. The molecule has 0 radical (unpaired) electrons. The van der Waals surface area contributed by atoms with Crippen LogP contribution in [0, 0.1) is 5.41 Å². The van der Waals surface area contributed by atoms with Crippen molar-refractivity contribution in [3.05, 3.63) is 175 Å². The number of rotatable bonds is 10. The van der Waals surface area contributed by atoms with Crippen LogP contribution in [0.3, 0.4) is 0 Å². The number of benzene rings is 5. The van der Waals surface area contributed by atoms with Crippen LogP contribution in [0.5, 0.6) is 0 Å². The molecule has 5 aromatic carbocycles. The summed E-state index contributed by atoms with van der Waals surface area (Å²) < 4.78 is 2.38. The van der Waals surface area contributed by atoms with Gasteiger partial charge in [0.15, 0.2) is 0 Å². The fraction of sp³-hybridized carbons (Fsp3) is 0.0465. The van der Waals surface area contributed by atoms with Gasteiger partial charge in [-0.1, -0.05) is 104 Å². The van der Waals surface area contributed by atoms with Crippen LogP contribution in [0.1, 0.15) is 24.5 Å². The molecule has 230 valence electrons. The van der Waals surface area contributed by atoms with E-state index in [1.54, 1.807) is 12.3 Å². The lowest BCUT2D eigenvalue weighted by Gasteiger charge is -2.11. The summed E-state index contributed by atoms with van der Waals surface area (Å²) >= 11 is 0. The summed E-state index contributed by atoms with van der Waals surface area (Å²) in [6.07, 6.45) is 17.2. The maximum absolute atomic E-state index is 7.32. The van der Waals surface area contributed by atoms with Crippen LogP contribution in [0.4, 0.5) is 0 Å². The van der Waals surface area contributed by atoms with Crippen LogP contribution in [0.2, 0.25) is 0 Å². The van der Waals surface area contributed by atoms with Gasteiger partial charge in [-0.25, -0.2) is 0 Å². The maximum atomic E-state index is 7.32. The molecular weight excluding hydrogens is 573 g/mol. The van der Waals surface area contributed by atoms with E-state index in [4.69, 9.17) is 16.9 Å². The molecule has 4 nitrogen and oxygen atoms in total. The second-order valence-corrected chi connectivity index (χ2v) is 11.4. The van der Waals surface area contributed by atoms with Crippen molar-refractivity contribution in [1.29, 1.82) is 5.41 Å². The number of fused-ring (bicyclic) bond motifs is 5. The Labute approximate surface area is 276 Å². The van der Waals surface area contributed by atoms with Gasteiger partial charge < -0.3 is 21.4 Å². The number of nitrogens with two attached hydrogens (primary N) is 2. The van der Waals surface area contributed by atoms with E-state index < -0.39 is 0 Å². The van der Waals surface area contributed by atoms with Crippen molar-refractivity contribution in [1.82, 2.24) is 4.57 Å². The molecule has 0 aliphatic carbocycles.